The molecule has 7 nitrogen and oxygen atoms in total. The van der Waals surface area contributed by atoms with E-state index in [0.717, 1.165) is 0 Å². The van der Waals surface area contributed by atoms with Crippen LogP contribution in [-0.2, 0) is 9.47 Å². The largest absolute Gasteiger partial charge is 0.394 e. The molecule has 0 aliphatic heterocycles. The van der Waals surface area contributed by atoms with E-state index < -0.39 is 6.10 Å². The van der Waals surface area contributed by atoms with E-state index in [1.54, 1.807) is 0 Å². The van der Waals surface area contributed by atoms with Crippen molar-refractivity contribution in [2.24, 2.45) is 0 Å². The fourth-order valence-electron chi connectivity index (χ4n) is 0.509. The second-order valence-electron chi connectivity index (χ2n) is 2.69. The first-order valence-corrected chi connectivity index (χ1v) is 4.99. The number of ether oxygens (including phenoxy) is 2. The van der Waals surface area contributed by atoms with Crippen LogP contribution < -0.4 is 0 Å². The Kier molecular flexibility index (Phi) is 19.4. The molecule has 0 saturated heterocycles. The molecule has 0 heterocycles. The van der Waals surface area contributed by atoms with E-state index in [1.165, 1.54) is 0 Å². The Bertz CT molecular complexity index is 100. The van der Waals surface area contributed by atoms with E-state index in [4.69, 9.17) is 35.0 Å². The molecule has 0 atom stereocenters. The normalized spacial score (nSPS) is 10.1. The van der Waals surface area contributed by atoms with Gasteiger partial charge in [0.1, 0.15) is 6.10 Å². The lowest BCUT2D eigenvalue weighted by Crippen LogP contribution is -2.15. The van der Waals surface area contributed by atoms with Crippen molar-refractivity contribution in [3.63, 3.8) is 0 Å². The minimum Gasteiger partial charge on any atom is -0.394 e. The van der Waals surface area contributed by atoms with Gasteiger partial charge in [-0.25, -0.2) is 0 Å². The maximum Gasteiger partial charge on any atom is 0.100 e. The molecule has 0 aromatic carbocycles. The lowest BCUT2D eigenvalue weighted by Gasteiger charge is -2.01. The van der Waals surface area contributed by atoms with Crippen LogP contribution in [0.2, 0.25) is 0 Å². The van der Waals surface area contributed by atoms with Gasteiger partial charge < -0.3 is 35.0 Å². The highest BCUT2D eigenvalue weighted by Crippen LogP contribution is 1.76. The molecule has 100 valence electrons. The number of hydrogen-bond acceptors (Lipinski definition) is 7. The summed E-state index contributed by atoms with van der Waals surface area (Å²) in [5, 5.41) is 40.5. The minimum atomic E-state index is -0.954. The van der Waals surface area contributed by atoms with Crippen LogP contribution in [0.3, 0.4) is 0 Å². The van der Waals surface area contributed by atoms with Gasteiger partial charge in [0, 0.05) is 0 Å². The van der Waals surface area contributed by atoms with Crippen molar-refractivity contribution in [2.75, 3.05) is 52.9 Å². The molecule has 0 unspecified atom stereocenters. The highest BCUT2D eigenvalue weighted by Gasteiger charge is 1.93. The standard InChI is InChI=1S/C6H14O4.C3H8O3/c7-1-3-9-5-6-10-4-2-8;4-1-3(6)2-5/h7-8H,1-6H2;3-6H,1-2H2. The van der Waals surface area contributed by atoms with Gasteiger partial charge in [-0.3, -0.25) is 0 Å². The molecule has 0 aliphatic rings. The van der Waals surface area contributed by atoms with Crippen molar-refractivity contribution >= 4 is 0 Å². The summed E-state index contributed by atoms with van der Waals surface area (Å²) in [4.78, 5) is 0. The van der Waals surface area contributed by atoms with E-state index in [9.17, 15) is 0 Å². The van der Waals surface area contributed by atoms with Gasteiger partial charge in [-0.1, -0.05) is 0 Å². The number of aliphatic hydroxyl groups excluding tert-OH is 5. The molecular weight excluding hydrogens is 220 g/mol. The molecule has 0 rings (SSSR count). The molecule has 0 aliphatic carbocycles. The molecule has 0 spiro atoms. The monoisotopic (exact) mass is 242 g/mol. The zero-order valence-corrected chi connectivity index (χ0v) is 9.29. The predicted molar refractivity (Wildman–Crippen MR) is 56.0 cm³/mol. The van der Waals surface area contributed by atoms with Gasteiger partial charge in [-0.15, -0.1) is 0 Å². The second kappa shape index (κ2) is 17.1. The molecule has 0 bridgehead atoms. The molecule has 0 amide bonds. The van der Waals surface area contributed by atoms with Gasteiger partial charge in [0.05, 0.1) is 52.9 Å². The maximum atomic E-state index is 8.26. The Morgan fingerprint density at radius 3 is 1.25 bits per heavy atom. The van der Waals surface area contributed by atoms with E-state index in [0.29, 0.717) is 26.4 Å². The van der Waals surface area contributed by atoms with Crippen LogP contribution in [0, 0.1) is 0 Å². The average Bonchev–Trinajstić information content (AvgIpc) is 2.33. The zero-order valence-electron chi connectivity index (χ0n) is 9.29. The highest BCUT2D eigenvalue weighted by atomic mass is 16.5. The summed E-state index contributed by atoms with van der Waals surface area (Å²) in [5.41, 5.74) is 0. The zero-order chi connectivity index (χ0) is 12.6. The van der Waals surface area contributed by atoms with Crippen molar-refractivity contribution in [3.8, 4) is 0 Å². The van der Waals surface area contributed by atoms with Gasteiger partial charge in [-0.2, -0.15) is 0 Å². The average molecular weight is 242 g/mol. The van der Waals surface area contributed by atoms with E-state index in [2.05, 4.69) is 0 Å². The van der Waals surface area contributed by atoms with Gasteiger partial charge in [0.25, 0.3) is 0 Å². The quantitative estimate of drug-likeness (QED) is 0.280. The van der Waals surface area contributed by atoms with Gasteiger partial charge >= 0.3 is 0 Å². The second-order valence-corrected chi connectivity index (χ2v) is 2.69. The lowest BCUT2D eigenvalue weighted by atomic mass is 10.4. The SMILES string of the molecule is OCC(O)CO.OCCOCCOCCO. The smallest absolute Gasteiger partial charge is 0.100 e. The molecular formula is C9H22O7. The predicted octanol–water partition coefficient (Wildman–Crippen LogP) is -2.66. The number of aliphatic hydroxyl groups is 5. The first-order valence-electron chi connectivity index (χ1n) is 4.99. The van der Waals surface area contributed by atoms with Crippen molar-refractivity contribution in [1.82, 2.24) is 0 Å². The molecule has 0 aromatic heterocycles. The van der Waals surface area contributed by atoms with E-state index >= 15 is 0 Å². The minimum absolute atomic E-state index is 0.0417. The maximum absolute atomic E-state index is 8.26. The Morgan fingerprint density at radius 1 is 0.688 bits per heavy atom. The summed E-state index contributed by atoms with van der Waals surface area (Å²) in [6, 6.07) is 0. The molecule has 5 N–H and O–H groups in total. The third-order valence-corrected chi connectivity index (χ3v) is 1.26. The fourth-order valence-corrected chi connectivity index (χ4v) is 0.509. The molecule has 7 heteroatoms. The molecule has 0 aromatic rings. The molecule has 0 fully saturated rings. The highest BCUT2D eigenvalue weighted by molar-refractivity contribution is 4.44. The Labute approximate surface area is 94.9 Å². The third kappa shape index (κ3) is 19.3. The third-order valence-electron chi connectivity index (χ3n) is 1.26. The first kappa shape index (κ1) is 18.1. The van der Waals surface area contributed by atoms with Crippen molar-refractivity contribution < 1.29 is 35.0 Å². The van der Waals surface area contributed by atoms with Crippen LogP contribution in [-0.4, -0.2) is 84.5 Å². The van der Waals surface area contributed by atoms with Crippen molar-refractivity contribution in [3.05, 3.63) is 0 Å². The van der Waals surface area contributed by atoms with Crippen LogP contribution in [0.15, 0.2) is 0 Å². The van der Waals surface area contributed by atoms with Crippen molar-refractivity contribution in [2.45, 2.75) is 6.10 Å². The molecule has 0 saturated carbocycles. The number of rotatable bonds is 9. The molecule has 16 heavy (non-hydrogen) atoms. The van der Waals surface area contributed by atoms with E-state index in [1.807, 2.05) is 0 Å². The van der Waals surface area contributed by atoms with Crippen LogP contribution in [0.25, 0.3) is 0 Å². The lowest BCUT2D eigenvalue weighted by molar-refractivity contribution is 0.0222. The van der Waals surface area contributed by atoms with Crippen LogP contribution in [0.1, 0.15) is 0 Å². The fraction of sp³-hybridized carbons (Fsp3) is 1.00. The molecule has 0 radical (unpaired) electrons. The van der Waals surface area contributed by atoms with Gasteiger partial charge in [0.2, 0.25) is 0 Å². The summed E-state index contributed by atoms with van der Waals surface area (Å²) >= 11 is 0. The number of hydrogen-bond donors (Lipinski definition) is 5. The summed E-state index contributed by atoms with van der Waals surface area (Å²) in [6.07, 6.45) is -0.954. The van der Waals surface area contributed by atoms with E-state index in [-0.39, 0.29) is 26.4 Å². The first-order chi connectivity index (χ1) is 7.72. The van der Waals surface area contributed by atoms with Crippen LogP contribution in [0.4, 0.5) is 0 Å². The summed E-state index contributed by atoms with van der Waals surface area (Å²) in [5.74, 6) is 0. The van der Waals surface area contributed by atoms with Gasteiger partial charge in [-0.05, 0) is 0 Å². The summed E-state index contributed by atoms with van der Waals surface area (Å²) in [6.45, 7) is 0.999. The summed E-state index contributed by atoms with van der Waals surface area (Å²) in [7, 11) is 0. The van der Waals surface area contributed by atoms with Gasteiger partial charge in [0.15, 0.2) is 0 Å². The Balaban J connectivity index is 0. The van der Waals surface area contributed by atoms with Crippen LogP contribution in [0.5, 0.6) is 0 Å². The Morgan fingerprint density at radius 2 is 1.06 bits per heavy atom. The summed E-state index contributed by atoms with van der Waals surface area (Å²) < 4.78 is 9.75. The Hall–Kier alpha value is -0.280. The van der Waals surface area contributed by atoms with Crippen LogP contribution >= 0.6 is 0 Å². The topological polar surface area (TPSA) is 120 Å². The van der Waals surface area contributed by atoms with Crippen molar-refractivity contribution in [1.29, 1.82) is 0 Å².